The van der Waals surface area contributed by atoms with Crippen molar-refractivity contribution >= 4 is 16.8 Å². The Labute approximate surface area is 149 Å². The molecular weight excluding hydrogens is 312 g/mol. The first-order valence-corrected chi connectivity index (χ1v) is 9.44. The number of aromatic nitrogens is 1. The lowest BCUT2D eigenvalue weighted by Crippen LogP contribution is -2.53. The molecule has 0 atom stereocenters. The number of benzene rings is 1. The molecule has 1 saturated heterocycles. The van der Waals surface area contributed by atoms with E-state index in [4.69, 9.17) is 0 Å². The number of hydrogen-bond acceptors (Lipinski definition) is 3. The predicted molar refractivity (Wildman–Crippen MR) is 101 cm³/mol. The van der Waals surface area contributed by atoms with E-state index >= 15 is 0 Å². The Kier molecular flexibility index (Phi) is 4.52. The van der Waals surface area contributed by atoms with Gasteiger partial charge in [-0.3, -0.25) is 14.6 Å². The van der Waals surface area contributed by atoms with Crippen molar-refractivity contribution in [2.24, 2.45) is 0 Å². The van der Waals surface area contributed by atoms with E-state index in [0.29, 0.717) is 12.6 Å². The van der Waals surface area contributed by atoms with Crippen molar-refractivity contribution < 1.29 is 4.79 Å². The first-order valence-electron chi connectivity index (χ1n) is 9.44. The van der Waals surface area contributed by atoms with Gasteiger partial charge in [-0.2, -0.15) is 0 Å². The largest absolute Gasteiger partial charge is 0.357 e. The third kappa shape index (κ3) is 3.31. The summed E-state index contributed by atoms with van der Waals surface area (Å²) in [6.07, 6.45) is 1.02. The van der Waals surface area contributed by atoms with Crippen LogP contribution in [0.1, 0.15) is 25.1 Å². The zero-order valence-corrected chi connectivity index (χ0v) is 15.3. The SMILES string of the molecule is CC(C)N1CCN(C(=O)CN2CCc3c([nH]c4ccccc34)C2)CC1. The molecule has 1 N–H and O–H groups in total. The fourth-order valence-electron chi connectivity index (χ4n) is 4.16. The van der Waals surface area contributed by atoms with Gasteiger partial charge in [0.2, 0.25) is 5.91 Å². The number of amides is 1. The molecule has 0 bridgehead atoms. The molecule has 0 spiro atoms. The van der Waals surface area contributed by atoms with E-state index in [0.717, 1.165) is 45.7 Å². The second-order valence-electron chi connectivity index (χ2n) is 7.60. The minimum Gasteiger partial charge on any atom is -0.357 e. The lowest BCUT2D eigenvalue weighted by atomic mass is 10.0. The highest BCUT2D eigenvalue weighted by Gasteiger charge is 2.26. The first kappa shape index (κ1) is 16.6. The van der Waals surface area contributed by atoms with Gasteiger partial charge in [0.1, 0.15) is 0 Å². The van der Waals surface area contributed by atoms with Crippen molar-refractivity contribution in [2.45, 2.75) is 32.9 Å². The van der Waals surface area contributed by atoms with Gasteiger partial charge in [0.05, 0.1) is 6.54 Å². The van der Waals surface area contributed by atoms with Gasteiger partial charge in [0.25, 0.3) is 0 Å². The second-order valence-corrected chi connectivity index (χ2v) is 7.60. The van der Waals surface area contributed by atoms with Gasteiger partial charge in [0.15, 0.2) is 0 Å². The molecule has 5 heteroatoms. The molecule has 0 aliphatic carbocycles. The molecule has 25 heavy (non-hydrogen) atoms. The summed E-state index contributed by atoms with van der Waals surface area (Å²) in [6, 6.07) is 9.07. The summed E-state index contributed by atoms with van der Waals surface area (Å²) in [5.74, 6) is 0.281. The van der Waals surface area contributed by atoms with Crippen LogP contribution in [0.5, 0.6) is 0 Å². The molecule has 0 unspecified atom stereocenters. The number of aromatic amines is 1. The Morgan fingerprint density at radius 3 is 2.64 bits per heavy atom. The maximum Gasteiger partial charge on any atom is 0.236 e. The number of rotatable bonds is 3. The monoisotopic (exact) mass is 340 g/mol. The molecule has 2 aliphatic heterocycles. The average Bonchev–Trinajstić information content (AvgIpc) is 2.99. The molecule has 2 aliphatic rings. The molecule has 0 saturated carbocycles. The van der Waals surface area contributed by atoms with Crippen molar-refractivity contribution in [1.82, 2.24) is 19.7 Å². The lowest BCUT2D eigenvalue weighted by Gasteiger charge is -2.38. The molecule has 0 radical (unpaired) electrons. The number of piperazine rings is 1. The van der Waals surface area contributed by atoms with Gasteiger partial charge in [-0.25, -0.2) is 0 Å². The maximum atomic E-state index is 12.7. The number of carbonyl (C=O) groups is 1. The molecule has 3 heterocycles. The molecule has 134 valence electrons. The fraction of sp³-hybridized carbons (Fsp3) is 0.550. The van der Waals surface area contributed by atoms with E-state index < -0.39 is 0 Å². The van der Waals surface area contributed by atoms with Crippen LogP contribution in [-0.4, -0.2) is 70.9 Å². The van der Waals surface area contributed by atoms with Gasteiger partial charge in [0, 0.05) is 61.9 Å². The topological polar surface area (TPSA) is 42.6 Å². The summed E-state index contributed by atoms with van der Waals surface area (Å²) in [6.45, 7) is 10.5. The van der Waals surface area contributed by atoms with Crippen molar-refractivity contribution in [1.29, 1.82) is 0 Å². The van der Waals surface area contributed by atoms with Crippen LogP contribution in [-0.2, 0) is 17.8 Å². The Morgan fingerprint density at radius 2 is 1.88 bits per heavy atom. The Morgan fingerprint density at radius 1 is 1.12 bits per heavy atom. The minimum absolute atomic E-state index is 0.281. The maximum absolute atomic E-state index is 12.7. The summed E-state index contributed by atoms with van der Waals surface area (Å²) >= 11 is 0. The normalized spacial score (nSPS) is 19.6. The van der Waals surface area contributed by atoms with Gasteiger partial charge in [-0.1, -0.05) is 18.2 Å². The highest BCUT2D eigenvalue weighted by molar-refractivity contribution is 5.85. The zero-order chi connectivity index (χ0) is 17.4. The molecule has 1 aromatic heterocycles. The Bertz CT molecular complexity index is 758. The van der Waals surface area contributed by atoms with Gasteiger partial charge < -0.3 is 9.88 Å². The van der Waals surface area contributed by atoms with Crippen LogP contribution in [0.15, 0.2) is 24.3 Å². The lowest BCUT2D eigenvalue weighted by molar-refractivity contribution is -0.134. The summed E-state index contributed by atoms with van der Waals surface area (Å²) in [5.41, 5.74) is 3.93. The molecule has 1 amide bonds. The van der Waals surface area contributed by atoms with E-state index in [1.54, 1.807) is 0 Å². The summed E-state index contributed by atoms with van der Waals surface area (Å²) in [5, 5.41) is 1.34. The number of nitrogens with zero attached hydrogens (tertiary/aromatic N) is 3. The van der Waals surface area contributed by atoms with Crippen LogP contribution >= 0.6 is 0 Å². The van der Waals surface area contributed by atoms with Gasteiger partial charge in [-0.05, 0) is 31.9 Å². The fourth-order valence-corrected chi connectivity index (χ4v) is 4.16. The van der Waals surface area contributed by atoms with E-state index in [2.05, 4.69) is 52.9 Å². The minimum atomic E-state index is 0.281. The van der Waals surface area contributed by atoms with Crippen LogP contribution in [0.3, 0.4) is 0 Å². The third-order valence-electron chi connectivity index (χ3n) is 5.72. The van der Waals surface area contributed by atoms with Crippen LogP contribution in [0.25, 0.3) is 10.9 Å². The predicted octanol–water partition coefficient (Wildman–Crippen LogP) is 2.08. The van der Waals surface area contributed by atoms with Crippen molar-refractivity contribution in [2.75, 3.05) is 39.3 Å². The summed E-state index contributed by atoms with van der Waals surface area (Å²) in [4.78, 5) is 23.0. The second kappa shape index (κ2) is 6.81. The van der Waals surface area contributed by atoms with Crippen LogP contribution in [0.2, 0.25) is 0 Å². The molecule has 1 aromatic carbocycles. The standard InChI is InChI=1S/C20H28N4O/c1-15(2)23-9-11-24(12-10-23)20(25)14-22-8-7-17-16-5-3-4-6-18(16)21-19(17)13-22/h3-6,15,21H,7-14H2,1-2H3. The Hall–Kier alpha value is -1.85. The van der Waals surface area contributed by atoms with Crippen LogP contribution in [0, 0.1) is 0 Å². The molecule has 2 aromatic rings. The number of H-pyrrole nitrogens is 1. The quantitative estimate of drug-likeness (QED) is 0.930. The van der Waals surface area contributed by atoms with E-state index in [-0.39, 0.29) is 5.91 Å². The number of hydrogen-bond donors (Lipinski definition) is 1. The van der Waals surface area contributed by atoms with Gasteiger partial charge >= 0.3 is 0 Å². The number of carbonyl (C=O) groups excluding carboxylic acids is 1. The zero-order valence-electron chi connectivity index (χ0n) is 15.3. The van der Waals surface area contributed by atoms with E-state index in [1.807, 2.05) is 4.90 Å². The van der Waals surface area contributed by atoms with Crippen molar-refractivity contribution in [3.8, 4) is 0 Å². The highest BCUT2D eigenvalue weighted by atomic mass is 16.2. The summed E-state index contributed by atoms with van der Waals surface area (Å²) in [7, 11) is 0. The molecule has 4 rings (SSSR count). The average molecular weight is 340 g/mol. The van der Waals surface area contributed by atoms with Crippen molar-refractivity contribution in [3.05, 3.63) is 35.5 Å². The van der Waals surface area contributed by atoms with E-state index in [9.17, 15) is 4.79 Å². The van der Waals surface area contributed by atoms with Crippen molar-refractivity contribution in [3.63, 3.8) is 0 Å². The number of para-hydroxylation sites is 1. The third-order valence-corrected chi connectivity index (χ3v) is 5.72. The van der Waals surface area contributed by atoms with Crippen LogP contribution in [0.4, 0.5) is 0 Å². The number of fused-ring (bicyclic) bond motifs is 3. The number of nitrogens with one attached hydrogen (secondary N) is 1. The van der Waals surface area contributed by atoms with Gasteiger partial charge in [-0.15, -0.1) is 0 Å². The smallest absolute Gasteiger partial charge is 0.236 e. The molecule has 1 fully saturated rings. The molecule has 5 nitrogen and oxygen atoms in total. The van der Waals surface area contributed by atoms with Crippen LogP contribution < -0.4 is 0 Å². The van der Waals surface area contributed by atoms with E-state index in [1.165, 1.54) is 22.2 Å². The Balaban J connectivity index is 1.37. The first-order chi connectivity index (χ1) is 12.1. The summed E-state index contributed by atoms with van der Waals surface area (Å²) < 4.78 is 0. The molecular formula is C20H28N4O. The highest BCUT2D eigenvalue weighted by Crippen LogP contribution is 2.27.